The summed E-state index contributed by atoms with van der Waals surface area (Å²) in [4.78, 5) is 0. The summed E-state index contributed by atoms with van der Waals surface area (Å²) in [5, 5.41) is 11.1. The third-order valence-electron chi connectivity index (χ3n) is 9.71. The zero-order chi connectivity index (χ0) is 31.8. The molecule has 0 spiro atoms. The molecule has 0 bridgehead atoms. The molecular weight excluding hydrogens is 569 g/mol. The van der Waals surface area contributed by atoms with E-state index in [-0.39, 0.29) is 0 Å². The van der Waals surface area contributed by atoms with Gasteiger partial charge < -0.3 is 4.42 Å². The monoisotopic (exact) mass is 597 g/mol. The van der Waals surface area contributed by atoms with Gasteiger partial charge in [0.2, 0.25) is 0 Å². The minimum absolute atomic E-state index is 0.571. The van der Waals surface area contributed by atoms with Crippen molar-refractivity contribution in [2.45, 2.75) is 0 Å². The van der Waals surface area contributed by atoms with Crippen LogP contribution in [0.15, 0.2) is 174 Å². The maximum atomic E-state index is 8.97. The van der Waals surface area contributed by atoms with Gasteiger partial charge in [-0.05, 0) is 83.5 Å². The van der Waals surface area contributed by atoms with E-state index in [1.807, 2.05) is 12.1 Å². The first-order valence-electron chi connectivity index (χ1n) is 16.6. The molecule has 10 rings (SSSR count). The highest BCUT2D eigenvalue weighted by atomic mass is 16.3. The molecule has 0 fully saturated rings. The maximum absolute atomic E-state index is 8.97. The predicted octanol–water partition coefficient (Wildman–Crippen LogP) is 13.2. The molecule has 0 radical (unpaired) electrons. The number of benzene rings is 9. The standard InChI is InChI=1S/C46H28O/c1-2-13-29(14-3-1)43-35-19-8-10-21-37(35)45(38-22-11-9-20-36(38)43)40-24-12-23-39-41-28-32(25-26-42(41)47-46(39)40)44-33-17-6-4-15-30(33)27-31-16-5-7-18-34(31)44/h1-28H/i27D. The summed E-state index contributed by atoms with van der Waals surface area (Å²) in [6.45, 7) is 0. The Morgan fingerprint density at radius 2 is 0.872 bits per heavy atom. The Kier molecular flexibility index (Phi) is 5.42. The van der Waals surface area contributed by atoms with Gasteiger partial charge in [-0.25, -0.2) is 0 Å². The van der Waals surface area contributed by atoms with Crippen LogP contribution in [-0.4, -0.2) is 0 Å². The van der Waals surface area contributed by atoms with Crippen molar-refractivity contribution in [2.24, 2.45) is 0 Å². The Morgan fingerprint density at radius 3 is 1.51 bits per heavy atom. The Labute approximate surface area is 273 Å². The van der Waals surface area contributed by atoms with E-state index in [0.29, 0.717) is 6.04 Å². The highest BCUT2D eigenvalue weighted by molar-refractivity contribution is 6.24. The van der Waals surface area contributed by atoms with Gasteiger partial charge in [0, 0.05) is 21.9 Å². The Morgan fingerprint density at radius 1 is 0.362 bits per heavy atom. The quantitative estimate of drug-likeness (QED) is 0.185. The number of hydrogen-bond donors (Lipinski definition) is 0. The molecule has 9 aromatic carbocycles. The van der Waals surface area contributed by atoms with Crippen molar-refractivity contribution in [1.29, 1.82) is 0 Å². The van der Waals surface area contributed by atoms with Gasteiger partial charge in [-0.1, -0.05) is 152 Å². The fourth-order valence-electron chi connectivity index (χ4n) is 7.71. The second kappa shape index (κ2) is 10.2. The fourth-order valence-corrected chi connectivity index (χ4v) is 7.71. The van der Waals surface area contributed by atoms with E-state index in [0.717, 1.165) is 60.2 Å². The van der Waals surface area contributed by atoms with Gasteiger partial charge in [-0.3, -0.25) is 0 Å². The molecule has 47 heavy (non-hydrogen) atoms. The highest BCUT2D eigenvalue weighted by Crippen LogP contribution is 2.47. The van der Waals surface area contributed by atoms with Gasteiger partial charge in [-0.2, -0.15) is 0 Å². The molecule has 10 aromatic rings. The van der Waals surface area contributed by atoms with Crippen LogP contribution in [0.25, 0.3) is 98.4 Å². The average molecular weight is 598 g/mol. The van der Waals surface area contributed by atoms with Crippen LogP contribution in [0.4, 0.5) is 0 Å². The molecule has 1 heteroatoms. The second-order valence-corrected chi connectivity index (χ2v) is 12.3. The largest absolute Gasteiger partial charge is 0.455 e. The lowest BCUT2D eigenvalue weighted by Gasteiger charge is -2.17. The van der Waals surface area contributed by atoms with Crippen LogP contribution in [0.2, 0.25) is 0 Å². The van der Waals surface area contributed by atoms with Gasteiger partial charge >= 0.3 is 0 Å². The molecule has 0 N–H and O–H groups in total. The van der Waals surface area contributed by atoms with Crippen molar-refractivity contribution in [2.75, 3.05) is 0 Å². The topological polar surface area (TPSA) is 13.1 Å². The lowest BCUT2D eigenvalue weighted by Crippen LogP contribution is -1.90. The number of hydrogen-bond acceptors (Lipinski definition) is 1. The average Bonchev–Trinajstić information content (AvgIpc) is 3.53. The third-order valence-corrected chi connectivity index (χ3v) is 9.71. The molecule has 0 unspecified atom stereocenters. The SMILES string of the molecule is [2H]c1c2ccccc2c(-c2ccc3oc4c(-c5c6ccccc6c(-c6ccccc6)c6ccccc56)cccc4c3c2)c2ccccc12. The number of furan rings is 1. The van der Waals surface area contributed by atoms with Gasteiger partial charge in [0.1, 0.15) is 11.2 Å². The van der Waals surface area contributed by atoms with E-state index in [9.17, 15) is 0 Å². The summed E-state index contributed by atoms with van der Waals surface area (Å²) in [6, 6.07) is 58.5. The van der Waals surface area contributed by atoms with Crippen molar-refractivity contribution >= 4 is 65.0 Å². The molecule has 0 saturated carbocycles. The fraction of sp³-hybridized carbons (Fsp3) is 0. The molecule has 0 saturated heterocycles. The maximum Gasteiger partial charge on any atom is 0.143 e. The Bertz CT molecular complexity index is 2780. The first kappa shape index (κ1) is 25.1. The van der Waals surface area contributed by atoms with E-state index in [2.05, 4.69) is 152 Å². The highest BCUT2D eigenvalue weighted by Gasteiger charge is 2.20. The normalized spacial score (nSPS) is 12.1. The first-order valence-corrected chi connectivity index (χ1v) is 16.1. The molecule has 0 aliphatic rings. The zero-order valence-electron chi connectivity index (χ0n) is 26.5. The summed E-state index contributed by atoms with van der Waals surface area (Å²) >= 11 is 0. The summed E-state index contributed by atoms with van der Waals surface area (Å²) < 4.78 is 15.8. The van der Waals surface area contributed by atoms with Gasteiger partial charge in [0.25, 0.3) is 0 Å². The predicted molar refractivity (Wildman–Crippen MR) is 200 cm³/mol. The van der Waals surface area contributed by atoms with E-state index in [1.165, 1.54) is 38.2 Å². The molecule has 0 aliphatic carbocycles. The Hall–Kier alpha value is -6.18. The van der Waals surface area contributed by atoms with Crippen LogP contribution in [0.3, 0.4) is 0 Å². The van der Waals surface area contributed by atoms with Crippen molar-refractivity contribution in [3.05, 3.63) is 170 Å². The summed E-state index contributed by atoms with van der Waals surface area (Å²) in [5.41, 5.74) is 8.77. The van der Waals surface area contributed by atoms with Crippen LogP contribution in [0.5, 0.6) is 0 Å². The molecule has 1 heterocycles. The van der Waals surface area contributed by atoms with Crippen molar-refractivity contribution in [1.82, 2.24) is 0 Å². The van der Waals surface area contributed by atoms with Gasteiger partial charge in [0.15, 0.2) is 0 Å². The van der Waals surface area contributed by atoms with Crippen molar-refractivity contribution in [3.63, 3.8) is 0 Å². The minimum atomic E-state index is 0.571. The minimum Gasteiger partial charge on any atom is -0.455 e. The van der Waals surface area contributed by atoms with Crippen molar-refractivity contribution in [3.8, 4) is 33.4 Å². The number of para-hydroxylation sites is 1. The zero-order valence-corrected chi connectivity index (χ0v) is 25.5. The molecular formula is C46H28O. The number of fused-ring (bicyclic) bond motifs is 7. The van der Waals surface area contributed by atoms with E-state index >= 15 is 0 Å². The van der Waals surface area contributed by atoms with Crippen LogP contribution < -0.4 is 0 Å². The van der Waals surface area contributed by atoms with Crippen LogP contribution >= 0.6 is 0 Å². The van der Waals surface area contributed by atoms with E-state index in [1.54, 1.807) is 0 Å². The molecule has 1 nitrogen and oxygen atoms in total. The first-order chi connectivity index (χ1) is 23.8. The number of rotatable bonds is 3. The van der Waals surface area contributed by atoms with E-state index < -0.39 is 0 Å². The van der Waals surface area contributed by atoms with Crippen LogP contribution in [-0.2, 0) is 0 Å². The van der Waals surface area contributed by atoms with Crippen molar-refractivity contribution < 1.29 is 5.79 Å². The van der Waals surface area contributed by atoms with Crippen LogP contribution in [0.1, 0.15) is 1.37 Å². The van der Waals surface area contributed by atoms with Gasteiger partial charge in [-0.15, -0.1) is 0 Å². The van der Waals surface area contributed by atoms with Crippen LogP contribution in [0, 0.1) is 0 Å². The smallest absolute Gasteiger partial charge is 0.143 e. The second-order valence-electron chi connectivity index (χ2n) is 12.3. The Balaban J connectivity index is 1.27. The molecule has 1 aromatic heterocycles. The third kappa shape index (κ3) is 3.90. The molecule has 0 atom stereocenters. The molecule has 0 amide bonds. The molecule has 218 valence electrons. The molecule has 0 aliphatic heterocycles. The van der Waals surface area contributed by atoms with Gasteiger partial charge in [0.05, 0.1) is 1.37 Å². The summed E-state index contributed by atoms with van der Waals surface area (Å²) in [5.74, 6) is 0. The summed E-state index contributed by atoms with van der Waals surface area (Å²) in [7, 11) is 0. The van der Waals surface area contributed by atoms with E-state index in [4.69, 9.17) is 5.79 Å². The lowest BCUT2D eigenvalue weighted by molar-refractivity contribution is 0.670. The lowest BCUT2D eigenvalue weighted by atomic mass is 9.85. The summed E-state index contributed by atoms with van der Waals surface area (Å²) in [6.07, 6.45) is 0.